The second kappa shape index (κ2) is 7.24. The zero-order valence-corrected chi connectivity index (χ0v) is 12.0. The second-order valence-corrected chi connectivity index (χ2v) is 5.18. The minimum atomic E-state index is -0.108. The molecule has 1 atom stereocenters. The molecule has 0 saturated carbocycles. The zero-order valence-electron chi connectivity index (χ0n) is 12.0. The first-order valence-electron chi connectivity index (χ1n) is 7.29. The van der Waals surface area contributed by atoms with E-state index in [-0.39, 0.29) is 12.0 Å². The molecule has 1 aliphatic heterocycles. The van der Waals surface area contributed by atoms with Crippen molar-refractivity contribution in [3.8, 4) is 0 Å². The van der Waals surface area contributed by atoms with E-state index < -0.39 is 0 Å². The summed E-state index contributed by atoms with van der Waals surface area (Å²) in [6.45, 7) is 4.04. The zero-order chi connectivity index (χ0) is 14.4. The number of rotatable bonds is 5. The molecule has 1 aromatic heterocycles. The number of pyridine rings is 1. The van der Waals surface area contributed by atoms with Gasteiger partial charge in [0, 0.05) is 24.3 Å². The summed E-state index contributed by atoms with van der Waals surface area (Å²) in [5.74, 6) is 0.469. The molecule has 0 amide bonds. The Morgan fingerprint density at radius 2 is 2.40 bits per heavy atom. The number of piperidine rings is 1. The van der Waals surface area contributed by atoms with Crippen LogP contribution in [0.5, 0.6) is 0 Å². The first kappa shape index (κ1) is 14.8. The molecular formula is C15H23N3O2. The Labute approximate surface area is 120 Å². The summed E-state index contributed by atoms with van der Waals surface area (Å²) in [4.78, 5) is 18.1. The molecule has 0 aliphatic carbocycles. The van der Waals surface area contributed by atoms with Crippen molar-refractivity contribution in [3.63, 3.8) is 0 Å². The molecule has 5 nitrogen and oxygen atoms in total. The third-order valence-electron chi connectivity index (χ3n) is 3.76. The number of nitrogens with two attached hydrogens (primary N) is 1. The van der Waals surface area contributed by atoms with Gasteiger partial charge in [0.15, 0.2) is 0 Å². The van der Waals surface area contributed by atoms with Gasteiger partial charge in [-0.05, 0) is 32.4 Å². The maximum atomic E-state index is 11.7. The van der Waals surface area contributed by atoms with Crippen LogP contribution in [-0.4, -0.2) is 35.0 Å². The van der Waals surface area contributed by atoms with E-state index in [9.17, 15) is 4.79 Å². The van der Waals surface area contributed by atoms with Gasteiger partial charge < -0.3 is 10.5 Å². The number of carbonyl (C=O) groups is 1. The van der Waals surface area contributed by atoms with Gasteiger partial charge in [-0.1, -0.05) is 12.5 Å². The molecule has 2 rings (SSSR count). The van der Waals surface area contributed by atoms with E-state index in [4.69, 9.17) is 10.5 Å². The van der Waals surface area contributed by atoms with Crippen LogP contribution < -0.4 is 5.73 Å². The van der Waals surface area contributed by atoms with Crippen LogP contribution >= 0.6 is 0 Å². The molecule has 1 fully saturated rings. The lowest BCUT2D eigenvalue weighted by Gasteiger charge is -2.35. The highest BCUT2D eigenvalue weighted by Crippen LogP contribution is 2.23. The number of carbonyl (C=O) groups excluding carboxylic acids is 1. The standard InChI is InChI=1S/C15H23N3O2/c1-2-20-14(19)10-13-7-3-4-9-18(13)11-12-6-5-8-17-15(12)16/h5-6,8,13H,2-4,7,9-11H2,1H3,(H2,16,17)/t13-/m0/s1. The Bertz CT molecular complexity index is 450. The number of nitrogens with zero attached hydrogens (tertiary/aromatic N) is 2. The van der Waals surface area contributed by atoms with Crippen molar-refractivity contribution in [1.82, 2.24) is 9.88 Å². The van der Waals surface area contributed by atoms with Crippen LogP contribution in [0.2, 0.25) is 0 Å². The second-order valence-electron chi connectivity index (χ2n) is 5.18. The highest BCUT2D eigenvalue weighted by atomic mass is 16.5. The molecular weight excluding hydrogens is 254 g/mol. The Kier molecular flexibility index (Phi) is 5.35. The molecule has 0 radical (unpaired) electrons. The SMILES string of the molecule is CCOC(=O)C[C@@H]1CCCCN1Cc1cccnc1N. The lowest BCUT2D eigenvalue weighted by Crippen LogP contribution is -2.40. The maximum Gasteiger partial charge on any atom is 0.307 e. The van der Waals surface area contributed by atoms with E-state index in [0.717, 1.165) is 25.1 Å². The highest BCUT2D eigenvalue weighted by molar-refractivity contribution is 5.70. The first-order valence-corrected chi connectivity index (χ1v) is 7.29. The normalized spacial score (nSPS) is 19.8. The van der Waals surface area contributed by atoms with Crippen LogP contribution in [0.3, 0.4) is 0 Å². The van der Waals surface area contributed by atoms with E-state index in [1.54, 1.807) is 6.20 Å². The summed E-state index contributed by atoms with van der Waals surface area (Å²) < 4.78 is 5.06. The number of hydrogen-bond acceptors (Lipinski definition) is 5. The molecule has 0 spiro atoms. The van der Waals surface area contributed by atoms with Crippen LogP contribution in [0.15, 0.2) is 18.3 Å². The minimum absolute atomic E-state index is 0.108. The highest BCUT2D eigenvalue weighted by Gasteiger charge is 2.25. The van der Waals surface area contributed by atoms with Gasteiger partial charge >= 0.3 is 5.97 Å². The molecule has 2 N–H and O–H groups in total. The fourth-order valence-electron chi connectivity index (χ4n) is 2.71. The van der Waals surface area contributed by atoms with Gasteiger partial charge in [-0.3, -0.25) is 9.69 Å². The monoisotopic (exact) mass is 277 g/mol. The van der Waals surface area contributed by atoms with E-state index in [1.807, 2.05) is 19.1 Å². The smallest absolute Gasteiger partial charge is 0.307 e. The summed E-state index contributed by atoms with van der Waals surface area (Å²) in [6.07, 6.45) is 5.54. The Morgan fingerprint density at radius 1 is 1.55 bits per heavy atom. The summed E-state index contributed by atoms with van der Waals surface area (Å²) in [7, 11) is 0. The van der Waals surface area contributed by atoms with Gasteiger partial charge in [-0.25, -0.2) is 4.98 Å². The van der Waals surface area contributed by atoms with E-state index in [2.05, 4.69) is 9.88 Å². The number of aromatic nitrogens is 1. The molecule has 0 unspecified atom stereocenters. The number of esters is 1. The number of nitrogen functional groups attached to an aromatic ring is 1. The third kappa shape index (κ3) is 3.93. The average Bonchev–Trinajstić information content (AvgIpc) is 2.44. The lowest BCUT2D eigenvalue weighted by molar-refractivity contribution is -0.145. The van der Waals surface area contributed by atoms with Gasteiger partial charge in [0.1, 0.15) is 5.82 Å². The third-order valence-corrected chi connectivity index (χ3v) is 3.76. The van der Waals surface area contributed by atoms with Crippen molar-refractivity contribution >= 4 is 11.8 Å². The topological polar surface area (TPSA) is 68.5 Å². The van der Waals surface area contributed by atoms with Gasteiger partial charge in [-0.2, -0.15) is 0 Å². The quantitative estimate of drug-likeness (QED) is 0.833. The summed E-state index contributed by atoms with van der Waals surface area (Å²) in [5, 5.41) is 0. The van der Waals surface area contributed by atoms with E-state index in [0.29, 0.717) is 18.8 Å². The number of hydrogen-bond donors (Lipinski definition) is 1. The van der Waals surface area contributed by atoms with Crippen LogP contribution in [0.25, 0.3) is 0 Å². The Hall–Kier alpha value is -1.62. The molecule has 5 heteroatoms. The van der Waals surface area contributed by atoms with Crippen molar-refractivity contribution in [2.24, 2.45) is 0 Å². The van der Waals surface area contributed by atoms with Crippen molar-refractivity contribution in [2.75, 3.05) is 18.9 Å². The largest absolute Gasteiger partial charge is 0.466 e. The van der Waals surface area contributed by atoms with Gasteiger partial charge in [0.05, 0.1) is 13.0 Å². The molecule has 0 bridgehead atoms. The molecule has 110 valence electrons. The average molecular weight is 277 g/mol. The summed E-state index contributed by atoms with van der Waals surface area (Å²) in [6, 6.07) is 4.15. The van der Waals surface area contributed by atoms with Crippen molar-refractivity contribution in [2.45, 2.75) is 45.2 Å². The molecule has 20 heavy (non-hydrogen) atoms. The maximum absolute atomic E-state index is 11.7. The molecule has 2 heterocycles. The fraction of sp³-hybridized carbons (Fsp3) is 0.600. The molecule has 1 aliphatic rings. The van der Waals surface area contributed by atoms with Crippen LogP contribution in [0.1, 0.15) is 38.2 Å². The van der Waals surface area contributed by atoms with Crippen LogP contribution in [-0.2, 0) is 16.1 Å². The van der Waals surface area contributed by atoms with Crippen molar-refractivity contribution in [3.05, 3.63) is 23.9 Å². The molecule has 1 aromatic rings. The minimum Gasteiger partial charge on any atom is -0.466 e. The predicted molar refractivity (Wildman–Crippen MR) is 77.9 cm³/mol. The number of anilines is 1. The molecule has 0 aromatic carbocycles. The summed E-state index contributed by atoms with van der Waals surface area (Å²) in [5.41, 5.74) is 6.93. The number of likely N-dealkylation sites (tertiary alicyclic amines) is 1. The van der Waals surface area contributed by atoms with Crippen molar-refractivity contribution < 1.29 is 9.53 Å². The van der Waals surface area contributed by atoms with E-state index in [1.165, 1.54) is 12.8 Å². The van der Waals surface area contributed by atoms with Gasteiger partial charge in [0.25, 0.3) is 0 Å². The van der Waals surface area contributed by atoms with Crippen LogP contribution in [0.4, 0.5) is 5.82 Å². The van der Waals surface area contributed by atoms with Crippen LogP contribution in [0, 0.1) is 0 Å². The van der Waals surface area contributed by atoms with Gasteiger partial charge in [-0.15, -0.1) is 0 Å². The van der Waals surface area contributed by atoms with Crippen molar-refractivity contribution in [1.29, 1.82) is 0 Å². The Morgan fingerprint density at radius 3 is 3.15 bits per heavy atom. The first-order chi connectivity index (χ1) is 9.70. The predicted octanol–water partition coefficient (Wildman–Crippen LogP) is 1.97. The number of ether oxygens (including phenoxy) is 1. The molecule has 1 saturated heterocycles. The summed E-state index contributed by atoms with van der Waals surface area (Å²) >= 11 is 0. The Balaban J connectivity index is 2.00. The van der Waals surface area contributed by atoms with E-state index >= 15 is 0 Å². The fourth-order valence-corrected chi connectivity index (χ4v) is 2.71. The lowest BCUT2D eigenvalue weighted by atomic mass is 9.98. The van der Waals surface area contributed by atoms with Gasteiger partial charge in [0.2, 0.25) is 0 Å².